The minimum Gasteiger partial charge on any atom is -0.366 e. The standard InChI is InChI=1S/C18H27N3O2.2ClH/c1-2-20-8-9-23-17(13-20)18(22)21-11-15(10-19)16(12-21)14-6-4-3-5-7-14;;/h3-7,15-17H,2,8-13,19H2,1H3;2*1H/t15-,16+,17?;;/m1../s1. The molecule has 1 unspecified atom stereocenters. The fraction of sp³-hybridized carbons (Fsp3) is 0.611. The number of likely N-dealkylation sites (N-methyl/N-ethyl adjacent to an activating group) is 1. The van der Waals surface area contributed by atoms with Crippen LogP contribution in [0.2, 0.25) is 0 Å². The Hall–Kier alpha value is -0.850. The number of hydrogen-bond acceptors (Lipinski definition) is 4. The fourth-order valence-electron chi connectivity index (χ4n) is 3.71. The zero-order valence-electron chi connectivity index (χ0n) is 14.7. The fourth-order valence-corrected chi connectivity index (χ4v) is 3.71. The molecule has 2 aliphatic rings. The topological polar surface area (TPSA) is 58.8 Å². The SMILES string of the molecule is CCN1CCOC(C(=O)N2C[C@@H](CN)[C@H](c3ccccc3)C2)C1.Cl.Cl. The molecular formula is C18H29Cl2N3O2. The van der Waals surface area contributed by atoms with E-state index in [4.69, 9.17) is 10.5 Å². The highest BCUT2D eigenvalue weighted by Gasteiger charge is 2.38. The third-order valence-electron chi connectivity index (χ3n) is 5.16. The van der Waals surface area contributed by atoms with Gasteiger partial charge < -0.3 is 15.4 Å². The summed E-state index contributed by atoms with van der Waals surface area (Å²) in [4.78, 5) is 17.1. The molecule has 2 N–H and O–H groups in total. The van der Waals surface area contributed by atoms with Gasteiger partial charge in [-0.15, -0.1) is 24.8 Å². The summed E-state index contributed by atoms with van der Waals surface area (Å²) in [6.45, 7) is 7.44. The van der Waals surface area contributed by atoms with E-state index < -0.39 is 0 Å². The lowest BCUT2D eigenvalue weighted by atomic mass is 9.89. The summed E-state index contributed by atoms with van der Waals surface area (Å²) >= 11 is 0. The molecule has 1 aromatic carbocycles. The van der Waals surface area contributed by atoms with E-state index in [0.717, 1.165) is 26.2 Å². The van der Waals surface area contributed by atoms with Gasteiger partial charge in [0.15, 0.2) is 0 Å². The third kappa shape index (κ3) is 5.08. The number of rotatable bonds is 4. The van der Waals surface area contributed by atoms with E-state index in [1.54, 1.807) is 0 Å². The molecule has 0 aliphatic carbocycles. The largest absolute Gasteiger partial charge is 0.366 e. The molecule has 3 rings (SSSR count). The Kier molecular flexibility index (Phi) is 9.17. The van der Waals surface area contributed by atoms with Crippen molar-refractivity contribution in [3.8, 4) is 0 Å². The van der Waals surface area contributed by atoms with Gasteiger partial charge in [-0.2, -0.15) is 0 Å². The molecule has 0 aromatic heterocycles. The Morgan fingerprint density at radius 2 is 1.92 bits per heavy atom. The van der Waals surface area contributed by atoms with Crippen molar-refractivity contribution in [3.05, 3.63) is 35.9 Å². The Labute approximate surface area is 162 Å². The van der Waals surface area contributed by atoms with Crippen LogP contribution in [0.25, 0.3) is 0 Å². The van der Waals surface area contributed by atoms with Crippen molar-refractivity contribution in [2.24, 2.45) is 11.7 Å². The van der Waals surface area contributed by atoms with Gasteiger partial charge in [0.25, 0.3) is 5.91 Å². The van der Waals surface area contributed by atoms with Crippen molar-refractivity contribution >= 4 is 30.7 Å². The monoisotopic (exact) mass is 389 g/mol. The Bertz CT molecular complexity index is 532. The van der Waals surface area contributed by atoms with E-state index >= 15 is 0 Å². The highest BCUT2D eigenvalue weighted by Crippen LogP contribution is 2.32. The van der Waals surface area contributed by atoms with E-state index in [1.807, 2.05) is 11.0 Å². The lowest BCUT2D eigenvalue weighted by molar-refractivity contribution is -0.148. The molecule has 5 nitrogen and oxygen atoms in total. The molecule has 7 heteroatoms. The number of carbonyl (C=O) groups is 1. The summed E-state index contributed by atoms with van der Waals surface area (Å²) < 4.78 is 5.73. The van der Waals surface area contributed by atoms with Crippen molar-refractivity contribution in [2.75, 3.05) is 45.9 Å². The highest BCUT2D eigenvalue weighted by molar-refractivity contribution is 5.85. The minimum absolute atomic E-state index is 0. The number of ether oxygens (including phenoxy) is 1. The Balaban J connectivity index is 0.00000156. The highest BCUT2D eigenvalue weighted by atomic mass is 35.5. The van der Waals surface area contributed by atoms with Gasteiger partial charge in [-0.1, -0.05) is 37.3 Å². The molecule has 0 spiro atoms. The summed E-state index contributed by atoms with van der Waals surface area (Å²) in [6, 6.07) is 10.4. The number of morpholine rings is 1. The average molecular weight is 390 g/mol. The quantitative estimate of drug-likeness (QED) is 0.851. The molecule has 142 valence electrons. The first-order chi connectivity index (χ1) is 11.2. The number of halogens is 2. The number of hydrogen-bond donors (Lipinski definition) is 1. The zero-order valence-corrected chi connectivity index (χ0v) is 16.3. The van der Waals surface area contributed by atoms with Gasteiger partial charge >= 0.3 is 0 Å². The summed E-state index contributed by atoms with van der Waals surface area (Å²) in [6.07, 6.45) is -0.323. The maximum Gasteiger partial charge on any atom is 0.253 e. The number of nitrogens with two attached hydrogens (primary N) is 1. The van der Waals surface area contributed by atoms with Gasteiger partial charge in [0.2, 0.25) is 0 Å². The molecule has 2 aliphatic heterocycles. The molecular weight excluding hydrogens is 361 g/mol. The molecule has 3 atom stereocenters. The second-order valence-corrected chi connectivity index (χ2v) is 6.51. The van der Waals surface area contributed by atoms with Crippen LogP contribution in [0.5, 0.6) is 0 Å². The predicted molar refractivity (Wildman–Crippen MR) is 105 cm³/mol. The van der Waals surface area contributed by atoms with Crippen LogP contribution >= 0.6 is 24.8 Å². The normalized spacial score (nSPS) is 26.6. The van der Waals surface area contributed by atoms with Gasteiger partial charge in [-0.25, -0.2) is 0 Å². The Morgan fingerprint density at radius 1 is 1.20 bits per heavy atom. The second-order valence-electron chi connectivity index (χ2n) is 6.51. The van der Waals surface area contributed by atoms with Crippen LogP contribution in [0.1, 0.15) is 18.4 Å². The van der Waals surface area contributed by atoms with E-state index in [9.17, 15) is 4.79 Å². The van der Waals surface area contributed by atoms with Gasteiger partial charge in [-0.05, 0) is 24.6 Å². The first-order valence-electron chi connectivity index (χ1n) is 8.60. The lowest BCUT2D eigenvalue weighted by Gasteiger charge is -2.33. The molecule has 0 radical (unpaired) electrons. The van der Waals surface area contributed by atoms with Crippen molar-refractivity contribution in [3.63, 3.8) is 0 Å². The van der Waals surface area contributed by atoms with E-state index in [1.165, 1.54) is 5.56 Å². The van der Waals surface area contributed by atoms with Crippen LogP contribution in [-0.2, 0) is 9.53 Å². The molecule has 0 bridgehead atoms. The first-order valence-corrected chi connectivity index (χ1v) is 8.60. The number of nitrogens with zero attached hydrogens (tertiary/aromatic N) is 2. The molecule has 2 saturated heterocycles. The van der Waals surface area contributed by atoms with E-state index in [0.29, 0.717) is 31.5 Å². The summed E-state index contributed by atoms with van der Waals surface area (Å²) in [5.74, 6) is 0.781. The smallest absolute Gasteiger partial charge is 0.253 e. The molecule has 2 heterocycles. The van der Waals surface area contributed by atoms with Crippen molar-refractivity contribution in [1.82, 2.24) is 9.80 Å². The van der Waals surface area contributed by atoms with Crippen LogP contribution < -0.4 is 5.73 Å². The zero-order chi connectivity index (χ0) is 16.2. The second kappa shape index (κ2) is 10.3. The summed E-state index contributed by atoms with van der Waals surface area (Å²) in [5.41, 5.74) is 7.24. The Morgan fingerprint density at radius 3 is 2.56 bits per heavy atom. The maximum absolute atomic E-state index is 12.8. The summed E-state index contributed by atoms with van der Waals surface area (Å²) in [7, 11) is 0. The molecule has 0 saturated carbocycles. The number of likely N-dealkylation sites (tertiary alicyclic amines) is 1. The van der Waals surface area contributed by atoms with Crippen LogP contribution in [-0.4, -0.2) is 67.7 Å². The van der Waals surface area contributed by atoms with Gasteiger partial charge in [0.1, 0.15) is 6.10 Å². The predicted octanol–water partition coefficient (Wildman–Crippen LogP) is 1.75. The number of benzene rings is 1. The van der Waals surface area contributed by atoms with Crippen molar-refractivity contribution in [2.45, 2.75) is 18.9 Å². The van der Waals surface area contributed by atoms with Crippen molar-refractivity contribution in [1.29, 1.82) is 0 Å². The van der Waals surface area contributed by atoms with Crippen LogP contribution in [0.15, 0.2) is 30.3 Å². The molecule has 1 aromatic rings. The van der Waals surface area contributed by atoms with E-state index in [2.05, 4.69) is 36.1 Å². The average Bonchev–Trinajstić information content (AvgIpc) is 3.06. The maximum atomic E-state index is 12.8. The van der Waals surface area contributed by atoms with Gasteiger partial charge in [0.05, 0.1) is 6.61 Å². The minimum atomic E-state index is -0.323. The first kappa shape index (κ1) is 22.2. The van der Waals surface area contributed by atoms with Gasteiger partial charge in [0, 0.05) is 32.1 Å². The third-order valence-corrected chi connectivity index (χ3v) is 5.16. The van der Waals surface area contributed by atoms with Gasteiger partial charge in [-0.3, -0.25) is 9.69 Å². The number of amides is 1. The molecule has 2 fully saturated rings. The summed E-state index contributed by atoms with van der Waals surface area (Å²) in [5, 5.41) is 0. The molecule has 25 heavy (non-hydrogen) atoms. The van der Waals surface area contributed by atoms with Crippen LogP contribution in [0.3, 0.4) is 0 Å². The van der Waals surface area contributed by atoms with Crippen LogP contribution in [0, 0.1) is 5.92 Å². The molecule has 1 amide bonds. The lowest BCUT2D eigenvalue weighted by Crippen LogP contribution is -2.50. The van der Waals surface area contributed by atoms with Crippen molar-refractivity contribution < 1.29 is 9.53 Å². The van der Waals surface area contributed by atoms with E-state index in [-0.39, 0.29) is 36.8 Å². The van der Waals surface area contributed by atoms with Crippen LogP contribution in [0.4, 0.5) is 0 Å². The number of carbonyl (C=O) groups excluding carboxylic acids is 1.